The minimum atomic E-state index is -1.71. The van der Waals surface area contributed by atoms with Crippen LogP contribution in [0.1, 0.15) is 46.7 Å². The van der Waals surface area contributed by atoms with Crippen LogP contribution in [0.25, 0.3) is 5.69 Å². The number of rotatable bonds is 7. The van der Waals surface area contributed by atoms with Gasteiger partial charge in [0.15, 0.2) is 5.78 Å². The normalized spacial score (nSPS) is 15.2. The summed E-state index contributed by atoms with van der Waals surface area (Å²) in [5.41, 5.74) is -1.81. The summed E-state index contributed by atoms with van der Waals surface area (Å²) in [6.07, 6.45) is 0.709. The van der Waals surface area contributed by atoms with Crippen molar-refractivity contribution in [3.8, 4) is 11.4 Å². The number of amides is 1. The molecule has 0 aliphatic heterocycles. The average molecular weight is 444 g/mol. The number of hydrogen-bond acceptors (Lipinski definition) is 7. The predicted molar refractivity (Wildman–Crippen MR) is 116 cm³/mol. The monoisotopic (exact) mass is 444 g/mol. The van der Waals surface area contributed by atoms with Gasteiger partial charge in [-0.2, -0.15) is 0 Å². The fraction of sp³-hybridized carbons (Fsp3) is 0.435. The highest BCUT2D eigenvalue weighted by molar-refractivity contribution is 6.02. The van der Waals surface area contributed by atoms with Crippen LogP contribution in [0.5, 0.6) is 5.75 Å². The Hall–Kier alpha value is -3.01. The number of benzene rings is 1. The van der Waals surface area contributed by atoms with E-state index in [1.807, 2.05) is 13.8 Å². The van der Waals surface area contributed by atoms with Crippen LogP contribution in [0, 0.1) is 5.41 Å². The van der Waals surface area contributed by atoms with Gasteiger partial charge in [-0.15, -0.1) is 0 Å². The Balaban J connectivity index is 2.23. The molecular weight excluding hydrogens is 416 g/mol. The van der Waals surface area contributed by atoms with Crippen molar-refractivity contribution in [2.45, 2.75) is 32.2 Å². The molecule has 1 heterocycles. The van der Waals surface area contributed by atoms with Crippen LogP contribution in [-0.4, -0.2) is 64.0 Å². The molecule has 0 unspecified atom stereocenters. The number of nitrogens with zero attached hydrogens (tertiary/aromatic N) is 1. The lowest BCUT2D eigenvalue weighted by atomic mass is 9.75. The lowest BCUT2D eigenvalue weighted by Crippen LogP contribution is -2.57. The van der Waals surface area contributed by atoms with Gasteiger partial charge >= 0.3 is 0 Å². The summed E-state index contributed by atoms with van der Waals surface area (Å²) >= 11 is 0. The maximum Gasteiger partial charge on any atom is 0.268 e. The van der Waals surface area contributed by atoms with E-state index >= 15 is 0 Å². The molecule has 2 aromatic rings. The van der Waals surface area contributed by atoms with Crippen LogP contribution >= 0.6 is 0 Å². The number of nitrogens with one attached hydrogen (secondary N) is 1. The Morgan fingerprint density at radius 1 is 1.09 bits per heavy atom. The number of fused-ring (bicyclic) bond motifs is 1. The standard InChI is InChI=1S/C23H28N2O7/c1-22(2)9-18-16(19(29)10-22)8-17(20(30)24-23(11-26,12-27)13-28)21(31)25(18)14-4-6-15(32-3)7-5-14/h4-8,26-28H,9-13H2,1-3H3,(H,24,30). The van der Waals surface area contributed by atoms with Gasteiger partial charge in [0.25, 0.3) is 11.5 Å². The van der Waals surface area contributed by atoms with Crippen LogP contribution in [0.3, 0.4) is 0 Å². The van der Waals surface area contributed by atoms with Gasteiger partial charge in [0.1, 0.15) is 16.9 Å². The molecule has 1 aromatic heterocycles. The van der Waals surface area contributed by atoms with Crippen LogP contribution in [0.2, 0.25) is 0 Å². The Kier molecular flexibility index (Phi) is 6.54. The predicted octanol–water partition coefficient (Wildman–Crippen LogP) is 0.447. The van der Waals surface area contributed by atoms with Crippen LogP contribution in [0.4, 0.5) is 0 Å². The van der Waals surface area contributed by atoms with Gasteiger partial charge in [0.05, 0.1) is 26.9 Å². The number of methoxy groups -OCH3 is 1. The second-order valence-electron chi connectivity index (χ2n) is 8.91. The number of carbonyl (C=O) groups excluding carboxylic acids is 2. The first-order valence-electron chi connectivity index (χ1n) is 10.2. The molecule has 0 atom stereocenters. The van der Waals surface area contributed by atoms with Crippen molar-refractivity contribution in [1.29, 1.82) is 0 Å². The molecule has 3 rings (SSSR count). The molecule has 0 bridgehead atoms. The molecule has 172 valence electrons. The Labute approximate surface area is 185 Å². The molecule has 0 saturated carbocycles. The highest BCUT2D eigenvalue weighted by Crippen LogP contribution is 2.35. The zero-order valence-electron chi connectivity index (χ0n) is 18.3. The van der Waals surface area contributed by atoms with Crippen LogP contribution in [0.15, 0.2) is 35.1 Å². The quantitative estimate of drug-likeness (QED) is 0.486. The van der Waals surface area contributed by atoms with E-state index in [1.165, 1.54) is 17.7 Å². The Bertz CT molecular complexity index is 1070. The number of pyridine rings is 1. The van der Waals surface area contributed by atoms with Gasteiger partial charge in [-0.1, -0.05) is 13.8 Å². The van der Waals surface area contributed by atoms with E-state index in [-0.39, 0.29) is 28.7 Å². The van der Waals surface area contributed by atoms with Crippen molar-refractivity contribution in [3.05, 3.63) is 57.5 Å². The summed E-state index contributed by atoms with van der Waals surface area (Å²) in [6, 6.07) is 7.93. The number of aliphatic hydroxyl groups is 3. The highest BCUT2D eigenvalue weighted by atomic mass is 16.5. The van der Waals surface area contributed by atoms with E-state index in [4.69, 9.17) is 4.74 Å². The third-order valence-corrected chi connectivity index (χ3v) is 5.75. The van der Waals surface area contributed by atoms with Crippen molar-refractivity contribution in [1.82, 2.24) is 9.88 Å². The fourth-order valence-corrected chi connectivity index (χ4v) is 3.86. The van der Waals surface area contributed by atoms with Crippen molar-refractivity contribution in [2.75, 3.05) is 26.9 Å². The van der Waals surface area contributed by atoms with Gasteiger partial charge in [-0.25, -0.2) is 0 Å². The highest BCUT2D eigenvalue weighted by Gasteiger charge is 2.36. The van der Waals surface area contributed by atoms with Crippen molar-refractivity contribution in [2.24, 2.45) is 5.41 Å². The Morgan fingerprint density at radius 2 is 1.69 bits per heavy atom. The maximum absolute atomic E-state index is 13.5. The fourth-order valence-electron chi connectivity index (χ4n) is 3.86. The molecule has 0 saturated heterocycles. The number of ketones is 1. The number of carbonyl (C=O) groups is 2. The average Bonchev–Trinajstić information content (AvgIpc) is 2.76. The summed E-state index contributed by atoms with van der Waals surface area (Å²) in [7, 11) is 1.52. The molecule has 9 heteroatoms. The third-order valence-electron chi connectivity index (χ3n) is 5.75. The van der Waals surface area contributed by atoms with E-state index in [0.29, 0.717) is 23.6 Å². The summed E-state index contributed by atoms with van der Waals surface area (Å²) in [5.74, 6) is -0.514. The van der Waals surface area contributed by atoms with E-state index in [9.17, 15) is 29.7 Å². The molecule has 9 nitrogen and oxygen atoms in total. The zero-order chi connectivity index (χ0) is 23.7. The first kappa shape index (κ1) is 23.6. The molecule has 1 aliphatic rings. The van der Waals surface area contributed by atoms with Crippen molar-refractivity contribution < 1.29 is 29.6 Å². The second-order valence-corrected chi connectivity index (χ2v) is 8.91. The van der Waals surface area contributed by atoms with Crippen LogP contribution < -0.4 is 15.6 Å². The number of ether oxygens (including phenoxy) is 1. The van der Waals surface area contributed by atoms with E-state index in [2.05, 4.69) is 5.32 Å². The van der Waals surface area contributed by atoms with E-state index < -0.39 is 36.8 Å². The number of Topliss-reactive ketones (excluding diaryl/α,β-unsaturated/α-hetero) is 1. The number of aliphatic hydroxyl groups excluding tert-OH is 3. The number of hydrogen-bond donors (Lipinski definition) is 4. The molecule has 1 aliphatic carbocycles. The zero-order valence-corrected chi connectivity index (χ0v) is 18.3. The smallest absolute Gasteiger partial charge is 0.268 e. The van der Waals surface area contributed by atoms with Crippen LogP contribution in [-0.2, 0) is 6.42 Å². The van der Waals surface area contributed by atoms with Gasteiger partial charge in [-0.3, -0.25) is 19.0 Å². The molecular formula is C23H28N2O7. The first-order chi connectivity index (χ1) is 15.1. The lowest BCUT2D eigenvalue weighted by Gasteiger charge is -2.33. The maximum atomic E-state index is 13.5. The molecule has 0 spiro atoms. The molecule has 32 heavy (non-hydrogen) atoms. The molecule has 1 amide bonds. The van der Waals surface area contributed by atoms with Gasteiger partial charge in [-0.05, 0) is 42.2 Å². The van der Waals surface area contributed by atoms with E-state index in [1.54, 1.807) is 24.3 Å². The minimum absolute atomic E-state index is 0.190. The molecule has 0 fully saturated rings. The molecule has 4 N–H and O–H groups in total. The SMILES string of the molecule is COc1ccc(-n2c3c(cc(C(=O)NC(CO)(CO)CO)c2=O)C(=O)CC(C)(C)C3)cc1. The van der Waals surface area contributed by atoms with E-state index in [0.717, 1.165) is 0 Å². The third kappa shape index (κ3) is 4.32. The van der Waals surface area contributed by atoms with Gasteiger partial charge in [0, 0.05) is 23.4 Å². The Morgan fingerprint density at radius 3 is 2.22 bits per heavy atom. The molecule has 1 aromatic carbocycles. The van der Waals surface area contributed by atoms with Crippen molar-refractivity contribution >= 4 is 11.7 Å². The summed E-state index contributed by atoms with van der Waals surface area (Å²) in [6.45, 7) is 1.66. The minimum Gasteiger partial charge on any atom is -0.497 e. The van der Waals surface area contributed by atoms with Gasteiger partial charge < -0.3 is 25.4 Å². The largest absolute Gasteiger partial charge is 0.497 e. The lowest BCUT2D eigenvalue weighted by molar-refractivity contribution is 0.0374. The van der Waals surface area contributed by atoms with Crippen molar-refractivity contribution in [3.63, 3.8) is 0 Å². The van der Waals surface area contributed by atoms with Gasteiger partial charge in [0.2, 0.25) is 0 Å². The first-order valence-corrected chi connectivity index (χ1v) is 10.2. The summed E-state index contributed by atoms with van der Waals surface area (Å²) < 4.78 is 6.52. The summed E-state index contributed by atoms with van der Waals surface area (Å²) in [4.78, 5) is 39.4. The molecule has 0 radical (unpaired) electrons. The topological polar surface area (TPSA) is 138 Å². The number of aromatic nitrogens is 1. The second kappa shape index (κ2) is 8.85. The summed E-state index contributed by atoms with van der Waals surface area (Å²) in [5, 5.41) is 30.9.